The summed E-state index contributed by atoms with van der Waals surface area (Å²) in [5.74, 6) is 0. The van der Waals surface area contributed by atoms with Crippen molar-refractivity contribution >= 4 is 10.0 Å². The lowest BCUT2D eigenvalue weighted by molar-refractivity contribution is 0.226. The summed E-state index contributed by atoms with van der Waals surface area (Å²) in [5, 5.41) is 9.04. The zero-order chi connectivity index (χ0) is 12.3. The molecular formula is C11H18N2O3S. The molecule has 1 aromatic rings. The van der Waals surface area contributed by atoms with Crippen molar-refractivity contribution in [2.45, 2.75) is 36.6 Å². The molecule has 0 saturated heterocycles. The molecule has 1 saturated carbocycles. The average Bonchev–Trinajstić information content (AvgIpc) is 2.97. The number of aromatic nitrogens is 1. The first-order valence-electron chi connectivity index (χ1n) is 5.92. The van der Waals surface area contributed by atoms with Crippen LogP contribution in [0.25, 0.3) is 0 Å². The number of H-pyrrole nitrogens is 1. The number of rotatable bonds is 5. The summed E-state index contributed by atoms with van der Waals surface area (Å²) < 4.78 is 26.2. The third kappa shape index (κ3) is 2.53. The third-order valence-electron chi connectivity index (χ3n) is 3.23. The van der Waals surface area contributed by atoms with Crippen molar-refractivity contribution in [3.05, 3.63) is 18.5 Å². The van der Waals surface area contributed by atoms with Crippen LogP contribution in [-0.2, 0) is 10.0 Å². The molecule has 0 unspecified atom stereocenters. The van der Waals surface area contributed by atoms with Crippen LogP contribution in [-0.4, -0.2) is 42.0 Å². The number of nitrogens with zero attached hydrogens (tertiary/aromatic N) is 1. The van der Waals surface area contributed by atoms with Gasteiger partial charge >= 0.3 is 0 Å². The Morgan fingerprint density at radius 1 is 1.41 bits per heavy atom. The molecule has 1 fully saturated rings. The quantitative estimate of drug-likeness (QED) is 0.825. The van der Waals surface area contributed by atoms with Gasteiger partial charge in [0.25, 0.3) is 0 Å². The van der Waals surface area contributed by atoms with Gasteiger partial charge in [0.05, 0.1) is 11.5 Å². The lowest BCUT2D eigenvalue weighted by atomic mass is 10.2. The lowest BCUT2D eigenvalue weighted by Gasteiger charge is -2.26. The van der Waals surface area contributed by atoms with Gasteiger partial charge < -0.3 is 10.1 Å². The zero-order valence-electron chi connectivity index (χ0n) is 9.67. The van der Waals surface area contributed by atoms with Crippen molar-refractivity contribution in [2.75, 3.05) is 13.2 Å². The van der Waals surface area contributed by atoms with E-state index in [1.54, 1.807) is 12.3 Å². The van der Waals surface area contributed by atoms with Gasteiger partial charge in [-0.3, -0.25) is 0 Å². The summed E-state index contributed by atoms with van der Waals surface area (Å²) >= 11 is 0. The average molecular weight is 258 g/mol. The van der Waals surface area contributed by atoms with Gasteiger partial charge in [0.1, 0.15) is 0 Å². The fraction of sp³-hybridized carbons (Fsp3) is 0.636. The highest BCUT2D eigenvalue weighted by Crippen LogP contribution is 2.28. The van der Waals surface area contributed by atoms with Crippen molar-refractivity contribution in [3.63, 3.8) is 0 Å². The number of nitrogens with one attached hydrogen (secondary N) is 1. The van der Waals surface area contributed by atoms with E-state index in [1.807, 2.05) is 0 Å². The molecule has 0 spiro atoms. The second-order valence-corrected chi connectivity index (χ2v) is 6.21. The Hall–Kier alpha value is -0.850. The van der Waals surface area contributed by atoms with Crippen molar-refractivity contribution in [1.82, 2.24) is 9.29 Å². The van der Waals surface area contributed by atoms with Gasteiger partial charge in [0.15, 0.2) is 0 Å². The molecular weight excluding hydrogens is 240 g/mol. The summed E-state index contributed by atoms with van der Waals surface area (Å²) in [4.78, 5) is 3.03. The first-order valence-corrected chi connectivity index (χ1v) is 7.36. The minimum absolute atomic E-state index is 0.0436. The second-order valence-electron chi connectivity index (χ2n) is 4.32. The fourth-order valence-electron chi connectivity index (χ4n) is 2.39. The molecule has 96 valence electrons. The molecule has 0 atom stereocenters. The van der Waals surface area contributed by atoms with Crippen molar-refractivity contribution in [3.8, 4) is 0 Å². The van der Waals surface area contributed by atoms with Gasteiger partial charge in [-0.05, 0) is 18.9 Å². The molecule has 1 aliphatic carbocycles. The van der Waals surface area contributed by atoms with E-state index in [9.17, 15) is 8.42 Å². The maximum absolute atomic E-state index is 12.4. The van der Waals surface area contributed by atoms with E-state index in [1.165, 1.54) is 10.5 Å². The van der Waals surface area contributed by atoms with Gasteiger partial charge in [0, 0.05) is 25.0 Å². The number of aromatic amines is 1. The number of hydrogen-bond acceptors (Lipinski definition) is 3. The number of aliphatic hydroxyl groups is 1. The van der Waals surface area contributed by atoms with E-state index in [4.69, 9.17) is 5.11 Å². The Morgan fingerprint density at radius 3 is 2.65 bits per heavy atom. The van der Waals surface area contributed by atoms with Crippen LogP contribution in [0.1, 0.15) is 25.7 Å². The van der Waals surface area contributed by atoms with Gasteiger partial charge in [-0.15, -0.1) is 0 Å². The van der Waals surface area contributed by atoms with Crippen LogP contribution >= 0.6 is 0 Å². The highest BCUT2D eigenvalue weighted by Gasteiger charge is 2.32. The minimum atomic E-state index is -3.46. The van der Waals surface area contributed by atoms with Crippen LogP contribution in [0.2, 0.25) is 0 Å². The highest BCUT2D eigenvalue weighted by molar-refractivity contribution is 7.89. The molecule has 5 nitrogen and oxygen atoms in total. The SMILES string of the molecule is O=S(=O)(c1cc[nH]c1)N(CCO)C1CCCC1. The Morgan fingerprint density at radius 2 is 2.12 bits per heavy atom. The molecule has 0 aliphatic heterocycles. The molecule has 2 rings (SSSR count). The molecule has 0 radical (unpaired) electrons. The third-order valence-corrected chi connectivity index (χ3v) is 5.18. The predicted molar refractivity (Wildman–Crippen MR) is 64.0 cm³/mol. The first kappa shape index (κ1) is 12.6. The van der Waals surface area contributed by atoms with Crippen molar-refractivity contribution in [1.29, 1.82) is 0 Å². The van der Waals surface area contributed by atoms with Crippen LogP contribution in [0.5, 0.6) is 0 Å². The zero-order valence-corrected chi connectivity index (χ0v) is 10.5. The van der Waals surface area contributed by atoms with Gasteiger partial charge in [-0.25, -0.2) is 8.42 Å². The molecule has 0 amide bonds. The number of sulfonamides is 1. The number of aliphatic hydroxyl groups excluding tert-OH is 1. The molecule has 2 N–H and O–H groups in total. The number of hydrogen-bond donors (Lipinski definition) is 2. The maximum Gasteiger partial charge on any atom is 0.244 e. The topological polar surface area (TPSA) is 73.4 Å². The van der Waals surface area contributed by atoms with E-state index in [0.29, 0.717) is 0 Å². The fourth-order valence-corrected chi connectivity index (χ4v) is 4.05. The van der Waals surface area contributed by atoms with Crippen LogP contribution in [0.4, 0.5) is 0 Å². The molecule has 1 aromatic heterocycles. The Labute approximate surface area is 102 Å². The van der Waals surface area contributed by atoms with Crippen LogP contribution in [0.15, 0.2) is 23.4 Å². The highest BCUT2D eigenvalue weighted by atomic mass is 32.2. The van der Waals surface area contributed by atoms with Gasteiger partial charge in [0.2, 0.25) is 10.0 Å². The molecule has 0 aromatic carbocycles. The van der Waals surface area contributed by atoms with E-state index >= 15 is 0 Å². The van der Waals surface area contributed by atoms with E-state index in [0.717, 1.165) is 25.7 Å². The summed E-state index contributed by atoms with van der Waals surface area (Å²) in [6.07, 6.45) is 6.99. The largest absolute Gasteiger partial charge is 0.395 e. The molecule has 0 bridgehead atoms. The van der Waals surface area contributed by atoms with Crippen LogP contribution in [0.3, 0.4) is 0 Å². The summed E-state index contributed by atoms with van der Waals surface area (Å²) in [7, 11) is -3.46. The maximum atomic E-state index is 12.4. The van der Waals surface area contributed by atoms with Gasteiger partial charge in [-0.1, -0.05) is 12.8 Å². The molecule has 17 heavy (non-hydrogen) atoms. The van der Waals surface area contributed by atoms with Crippen LogP contribution in [0, 0.1) is 0 Å². The van der Waals surface area contributed by atoms with E-state index in [2.05, 4.69) is 4.98 Å². The van der Waals surface area contributed by atoms with E-state index < -0.39 is 10.0 Å². The summed E-state index contributed by atoms with van der Waals surface area (Å²) in [6.45, 7) is 0.0400. The lowest BCUT2D eigenvalue weighted by Crippen LogP contribution is -2.40. The Bertz CT molecular complexity index is 435. The predicted octanol–water partition coefficient (Wildman–Crippen LogP) is 0.940. The Balaban J connectivity index is 2.26. The molecule has 1 aliphatic rings. The monoisotopic (exact) mass is 258 g/mol. The van der Waals surface area contributed by atoms with Crippen molar-refractivity contribution in [2.24, 2.45) is 0 Å². The van der Waals surface area contributed by atoms with Gasteiger partial charge in [-0.2, -0.15) is 4.31 Å². The van der Waals surface area contributed by atoms with E-state index in [-0.39, 0.29) is 24.1 Å². The summed E-state index contributed by atoms with van der Waals surface area (Å²) in [6, 6.07) is 1.59. The molecule has 1 heterocycles. The first-order chi connectivity index (χ1) is 8.16. The molecule has 6 heteroatoms. The standard InChI is InChI=1S/C11H18N2O3S/c14-8-7-13(10-3-1-2-4-10)17(15,16)11-5-6-12-9-11/h5-6,9-10,12,14H,1-4,7-8H2. The van der Waals surface area contributed by atoms with Crippen molar-refractivity contribution < 1.29 is 13.5 Å². The van der Waals surface area contributed by atoms with Crippen LogP contribution < -0.4 is 0 Å². The normalized spacial score (nSPS) is 18.0. The second kappa shape index (κ2) is 5.20. The smallest absolute Gasteiger partial charge is 0.244 e. The summed E-state index contributed by atoms with van der Waals surface area (Å²) in [5.41, 5.74) is 0. The Kier molecular flexibility index (Phi) is 3.86. The minimum Gasteiger partial charge on any atom is -0.395 e.